The molecule has 1 aromatic rings. The highest BCUT2D eigenvalue weighted by atomic mass is 16.6. The number of nitrogens with zero attached hydrogens (tertiary/aromatic N) is 2. The first-order chi connectivity index (χ1) is 10.1. The van der Waals surface area contributed by atoms with Crippen LogP contribution in [0.5, 0.6) is 0 Å². The predicted molar refractivity (Wildman–Crippen MR) is 84.2 cm³/mol. The van der Waals surface area contributed by atoms with Gasteiger partial charge in [-0.2, -0.15) is 0 Å². The van der Waals surface area contributed by atoms with Crippen LogP contribution in [0, 0.1) is 16.0 Å². The normalized spacial score (nSPS) is 17.3. The molecule has 1 heterocycles. The first-order valence-corrected chi connectivity index (χ1v) is 7.76. The van der Waals surface area contributed by atoms with Gasteiger partial charge in [0.25, 0.3) is 5.69 Å². The summed E-state index contributed by atoms with van der Waals surface area (Å²) in [6.07, 6.45) is 2.60. The van der Waals surface area contributed by atoms with Gasteiger partial charge in [0.15, 0.2) is 0 Å². The SMILES string of the molecule is CC(C)C(CNCc1cccc([N+](=O)[O-])c1)N1CCCC1. The van der Waals surface area contributed by atoms with Gasteiger partial charge < -0.3 is 5.32 Å². The molecular formula is C16H25N3O2. The molecular weight excluding hydrogens is 266 g/mol. The number of hydrogen-bond donors (Lipinski definition) is 1. The molecule has 0 spiro atoms. The molecule has 0 radical (unpaired) electrons. The summed E-state index contributed by atoms with van der Waals surface area (Å²) in [5.74, 6) is 0.612. The van der Waals surface area contributed by atoms with Crippen LogP contribution in [0.15, 0.2) is 24.3 Å². The van der Waals surface area contributed by atoms with Crippen LogP contribution >= 0.6 is 0 Å². The average molecular weight is 291 g/mol. The summed E-state index contributed by atoms with van der Waals surface area (Å²) in [4.78, 5) is 13.0. The molecule has 1 fully saturated rings. The molecule has 5 nitrogen and oxygen atoms in total. The Hall–Kier alpha value is -1.46. The second-order valence-corrected chi connectivity index (χ2v) is 6.11. The van der Waals surface area contributed by atoms with Gasteiger partial charge in [-0.15, -0.1) is 0 Å². The van der Waals surface area contributed by atoms with Crippen molar-refractivity contribution in [3.8, 4) is 0 Å². The lowest BCUT2D eigenvalue weighted by atomic mass is 10.0. The number of rotatable bonds is 7. The number of hydrogen-bond acceptors (Lipinski definition) is 4. The van der Waals surface area contributed by atoms with E-state index < -0.39 is 0 Å². The molecule has 1 aliphatic heterocycles. The van der Waals surface area contributed by atoms with Crippen molar-refractivity contribution in [2.45, 2.75) is 39.3 Å². The second-order valence-electron chi connectivity index (χ2n) is 6.11. The number of nitro benzene ring substituents is 1. The van der Waals surface area contributed by atoms with Gasteiger partial charge in [-0.1, -0.05) is 26.0 Å². The molecule has 1 unspecified atom stereocenters. The quantitative estimate of drug-likeness (QED) is 0.620. The summed E-state index contributed by atoms with van der Waals surface area (Å²) < 4.78 is 0. The summed E-state index contributed by atoms with van der Waals surface area (Å²) in [6, 6.07) is 7.40. The fraction of sp³-hybridized carbons (Fsp3) is 0.625. The Morgan fingerprint density at radius 3 is 2.67 bits per heavy atom. The Morgan fingerprint density at radius 2 is 2.05 bits per heavy atom. The fourth-order valence-electron chi connectivity index (χ4n) is 3.00. The zero-order valence-corrected chi connectivity index (χ0v) is 12.9. The number of nitro groups is 1. The monoisotopic (exact) mass is 291 g/mol. The van der Waals surface area contributed by atoms with E-state index in [2.05, 4.69) is 24.1 Å². The Morgan fingerprint density at radius 1 is 1.33 bits per heavy atom. The minimum absolute atomic E-state index is 0.161. The Balaban J connectivity index is 1.87. The summed E-state index contributed by atoms with van der Waals surface area (Å²) in [6.45, 7) is 8.53. The van der Waals surface area contributed by atoms with E-state index >= 15 is 0 Å². The van der Waals surface area contributed by atoms with Gasteiger partial charge in [0, 0.05) is 31.3 Å². The van der Waals surface area contributed by atoms with Gasteiger partial charge in [0.05, 0.1) is 4.92 Å². The highest BCUT2D eigenvalue weighted by molar-refractivity contribution is 5.34. The largest absolute Gasteiger partial charge is 0.311 e. The van der Waals surface area contributed by atoms with Gasteiger partial charge in [0.2, 0.25) is 0 Å². The van der Waals surface area contributed by atoms with E-state index in [1.54, 1.807) is 12.1 Å². The lowest BCUT2D eigenvalue weighted by Gasteiger charge is -2.31. The van der Waals surface area contributed by atoms with Crippen molar-refractivity contribution in [2.75, 3.05) is 19.6 Å². The third-order valence-electron chi connectivity index (χ3n) is 4.18. The van der Waals surface area contributed by atoms with Crippen LogP contribution in [0.3, 0.4) is 0 Å². The van der Waals surface area contributed by atoms with E-state index in [0.717, 1.165) is 12.1 Å². The molecule has 2 rings (SSSR count). The maximum atomic E-state index is 10.8. The van der Waals surface area contributed by atoms with E-state index in [0.29, 0.717) is 18.5 Å². The summed E-state index contributed by atoms with van der Waals surface area (Å²) >= 11 is 0. The van der Waals surface area contributed by atoms with Gasteiger partial charge >= 0.3 is 0 Å². The first-order valence-electron chi connectivity index (χ1n) is 7.76. The molecule has 1 atom stereocenters. The average Bonchev–Trinajstić information content (AvgIpc) is 2.97. The maximum Gasteiger partial charge on any atom is 0.269 e. The second kappa shape index (κ2) is 7.52. The van der Waals surface area contributed by atoms with E-state index in [-0.39, 0.29) is 10.6 Å². The molecule has 0 aromatic heterocycles. The number of likely N-dealkylation sites (tertiary alicyclic amines) is 1. The molecule has 0 aliphatic carbocycles. The minimum atomic E-state index is -0.343. The molecule has 0 saturated carbocycles. The molecule has 21 heavy (non-hydrogen) atoms. The van der Waals surface area contributed by atoms with Crippen LogP contribution in [0.2, 0.25) is 0 Å². The van der Waals surface area contributed by atoms with E-state index in [1.807, 2.05) is 6.07 Å². The molecule has 1 saturated heterocycles. The van der Waals surface area contributed by atoms with Crippen molar-refractivity contribution < 1.29 is 4.92 Å². The lowest BCUT2D eigenvalue weighted by Crippen LogP contribution is -2.44. The summed E-state index contributed by atoms with van der Waals surface area (Å²) in [7, 11) is 0. The van der Waals surface area contributed by atoms with Crippen LogP contribution in [-0.2, 0) is 6.54 Å². The van der Waals surface area contributed by atoms with E-state index in [9.17, 15) is 10.1 Å². The Kier molecular flexibility index (Phi) is 5.70. The topological polar surface area (TPSA) is 58.4 Å². The Bertz CT molecular complexity index is 470. The van der Waals surface area contributed by atoms with Crippen LogP contribution in [0.25, 0.3) is 0 Å². The molecule has 0 amide bonds. The lowest BCUT2D eigenvalue weighted by molar-refractivity contribution is -0.384. The van der Waals surface area contributed by atoms with Crippen molar-refractivity contribution in [2.24, 2.45) is 5.92 Å². The third-order valence-corrected chi connectivity index (χ3v) is 4.18. The van der Waals surface area contributed by atoms with Gasteiger partial charge in [0.1, 0.15) is 0 Å². The standard InChI is InChI=1S/C16H25N3O2/c1-13(2)16(18-8-3-4-9-18)12-17-11-14-6-5-7-15(10-14)19(20)21/h5-7,10,13,16-17H,3-4,8-9,11-12H2,1-2H3. The number of nitrogens with one attached hydrogen (secondary N) is 1. The number of non-ortho nitro benzene ring substituents is 1. The first kappa shape index (κ1) is 15.9. The van der Waals surface area contributed by atoms with Crippen LogP contribution in [-0.4, -0.2) is 35.5 Å². The van der Waals surface area contributed by atoms with Gasteiger partial charge in [-0.25, -0.2) is 0 Å². The highest BCUT2D eigenvalue weighted by Crippen LogP contribution is 2.17. The van der Waals surface area contributed by atoms with Gasteiger partial charge in [-0.3, -0.25) is 15.0 Å². The van der Waals surface area contributed by atoms with Crippen LogP contribution in [0.4, 0.5) is 5.69 Å². The van der Waals surface area contributed by atoms with Crippen LogP contribution in [0.1, 0.15) is 32.3 Å². The zero-order valence-electron chi connectivity index (χ0n) is 12.9. The van der Waals surface area contributed by atoms with Crippen molar-refractivity contribution in [3.63, 3.8) is 0 Å². The molecule has 1 aromatic carbocycles. The van der Waals surface area contributed by atoms with Crippen molar-refractivity contribution >= 4 is 5.69 Å². The highest BCUT2D eigenvalue weighted by Gasteiger charge is 2.23. The van der Waals surface area contributed by atoms with Crippen molar-refractivity contribution in [1.29, 1.82) is 0 Å². The zero-order chi connectivity index (χ0) is 15.2. The van der Waals surface area contributed by atoms with Crippen molar-refractivity contribution in [1.82, 2.24) is 10.2 Å². The summed E-state index contributed by atoms with van der Waals surface area (Å²) in [5.41, 5.74) is 1.13. The molecule has 116 valence electrons. The third kappa shape index (κ3) is 4.51. The molecule has 0 bridgehead atoms. The van der Waals surface area contributed by atoms with Gasteiger partial charge in [-0.05, 0) is 37.4 Å². The van der Waals surface area contributed by atoms with E-state index in [4.69, 9.17) is 0 Å². The molecule has 1 N–H and O–H groups in total. The Labute approximate surface area is 126 Å². The fourth-order valence-corrected chi connectivity index (χ4v) is 3.00. The van der Waals surface area contributed by atoms with E-state index in [1.165, 1.54) is 32.0 Å². The smallest absolute Gasteiger partial charge is 0.269 e. The van der Waals surface area contributed by atoms with Crippen molar-refractivity contribution in [3.05, 3.63) is 39.9 Å². The number of benzene rings is 1. The molecule has 1 aliphatic rings. The summed E-state index contributed by atoms with van der Waals surface area (Å²) in [5, 5.41) is 14.2. The predicted octanol–water partition coefficient (Wildman–Crippen LogP) is 2.80. The van der Waals surface area contributed by atoms with Crippen LogP contribution < -0.4 is 5.32 Å². The molecule has 5 heteroatoms. The maximum absolute atomic E-state index is 10.8. The minimum Gasteiger partial charge on any atom is -0.311 e.